The summed E-state index contributed by atoms with van der Waals surface area (Å²) in [6, 6.07) is 16.7. The van der Waals surface area contributed by atoms with Crippen molar-refractivity contribution in [2.75, 3.05) is 12.0 Å². The van der Waals surface area contributed by atoms with E-state index in [0.29, 0.717) is 12.2 Å². The van der Waals surface area contributed by atoms with Crippen LogP contribution in [0.2, 0.25) is 0 Å². The van der Waals surface area contributed by atoms with Crippen molar-refractivity contribution in [3.63, 3.8) is 0 Å². The Labute approximate surface area is 150 Å². The summed E-state index contributed by atoms with van der Waals surface area (Å²) in [5.74, 6) is 0.998. The first-order chi connectivity index (χ1) is 12.8. The number of ether oxygens (including phenoxy) is 1. The first-order valence-corrected chi connectivity index (χ1v) is 8.30. The maximum absolute atomic E-state index is 12.1. The molecule has 0 saturated heterocycles. The summed E-state index contributed by atoms with van der Waals surface area (Å²) in [7, 11) is 0. The Morgan fingerprint density at radius 2 is 1.88 bits per heavy atom. The molecular formula is C19H19N5O2. The minimum absolute atomic E-state index is 0.175. The van der Waals surface area contributed by atoms with Crippen LogP contribution in [0.5, 0.6) is 5.75 Å². The zero-order chi connectivity index (χ0) is 18.2. The molecule has 0 amide bonds. The van der Waals surface area contributed by atoms with Crippen LogP contribution >= 0.6 is 0 Å². The van der Waals surface area contributed by atoms with Crippen LogP contribution in [0.4, 0.5) is 5.95 Å². The smallest absolute Gasteiger partial charge is 0.279 e. The molecule has 0 bridgehead atoms. The number of hydrogen-bond acceptors (Lipinski definition) is 6. The van der Waals surface area contributed by atoms with Crippen molar-refractivity contribution in [3.8, 4) is 17.0 Å². The summed E-state index contributed by atoms with van der Waals surface area (Å²) >= 11 is 0. The van der Waals surface area contributed by atoms with Gasteiger partial charge in [0.15, 0.2) is 5.69 Å². The van der Waals surface area contributed by atoms with E-state index in [4.69, 9.17) is 4.74 Å². The number of aromatic nitrogens is 3. The lowest BCUT2D eigenvalue weighted by Crippen LogP contribution is -2.15. The Balaban J connectivity index is 1.63. The maximum Gasteiger partial charge on any atom is 0.279 e. The Morgan fingerprint density at radius 1 is 1.12 bits per heavy atom. The third-order valence-electron chi connectivity index (χ3n) is 3.48. The number of nitrogens with one attached hydrogen (secondary N) is 2. The number of nitrogens with zero attached hydrogens (tertiary/aromatic N) is 3. The second-order valence-electron chi connectivity index (χ2n) is 5.50. The largest absolute Gasteiger partial charge is 0.494 e. The lowest BCUT2D eigenvalue weighted by Gasteiger charge is -2.04. The standard InChI is InChI=1S/C19H19N5O2/c1-2-12-26-16-10-8-14(9-11-16)13-20-23-19-21-18(25)17(22-24-19)15-6-4-3-5-7-15/h3-11,13H,2,12H2,1H3,(H2,21,23,24,25)/b20-13+. The van der Waals surface area contributed by atoms with Crippen molar-refractivity contribution in [1.82, 2.24) is 15.2 Å². The number of hydrazone groups is 1. The normalized spacial score (nSPS) is 10.8. The van der Waals surface area contributed by atoms with Gasteiger partial charge in [-0.25, -0.2) is 5.43 Å². The van der Waals surface area contributed by atoms with Gasteiger partial charge >= 0.3 is 0 Å². The predicted octanol–water partition coefficient (Wildman–Crippen LogP) is 3.07. The fourth-order valence-corrected chi connectivity index (χ4v) is 2.21. The summed E-state index contributed by atoms with van der Waals surface area (Å²) in [6.07, 6.45) is 2.59. The van der Waals surface area contributed by atoms with Crippen molar-refractivity contribution >= 4 is 12.2 Å². The number of benzene rings is 2. The van der Waals surface area contributed by atoms with E-state index < -0.39 is 0 Å². The van der Waals surface area contributed by atoms with E-state index in [-0.39, 0.29) is 17.2 Å². The summed E-state index contributed by atoms with van der Waals surface area (Å²) in [5, 5.41) is 12.0. The number of H-pyrrole nitrogens is 1. The third-order valence-corrected chi connectivity index (χ3v) is 3.48. The van der Waals surface area contributed by atoms with Gasteiger partial charge in [0.1, 0.15) is 5.75 Å². The highest BCUT2D eigenvalue weighted by Crippen LogP contribution is 2.12. The highest BCUT2D eigenvalue weighted by molar-refractivity contribution is 5.80. The van der Waals surface area contributed by atoms with Crippen LogP contribution in [0, 0.1) is 0 Å². The monoisotopic (exact) mass is 349 g/mol. The van der Waals surface area contributed by atoms with E-state index >= 15 is 0 Å². The summed E-state index contributed by atoms with van der Waals surface area (Å²) < 4.78 is 5.53. The lowest BCUT2D eigenvalue weighted by atomic mass is 10.2. The van der Waals surface area contributed by atoms with Crippen LogP contribution < -0.4 is 15.7 Å². The highest BCUT2D eigenvalue weighted by Gasteiger charge is 2.06. The van der Waals surface area contributed by atoms with Gasteiger partial charge in [-0.1, -0.05) is 37.3 Å². The fraction of sp³-hybridized carbons (Fsp3) is 0.158. The molecule has 7 heteroatoms. The SMILES string of the molecule is CCCOc1ccc(/C=N/Nc2nnc(-c3ccccc3)c(=O)[nH]2)cc1. The molecule has 0 atom stereocenters. The van der Waals surface area contributed by atoms with E-state index in [1.807, 2.05) is 42.5 Å². The number of aromatic amines is 1. The Bertz CT molecular complexity index is 921. The number of hydrogen-bond donors (Lipinski definition) is 2. The van der Waals surface area contributed by atoms with Gasteiger partial charge in [0, 0.05) is 5.56 Å². The van der Waals surface area contributed by atoms with Crippen molar-refractivity contribution in [3.05, 3.63) is 70.5 Å². The van der Waals surface area contributed by atoms with Crippen LogP contribution in [0.15, 0.2) is 64.5 Å². The lowest BCUT2D eigenvalue weighted by molar-refractivity contribution is 0.317. The molecule has 26 heavy (non-hydrogen) atoms. The molecule has 7 nitrogen and oxygen atoms in total. The predicted molar refractivity (Wildman–Crippen MR) is 102 cm³/mol. The van der Waals surface area contributed by atoms with E-state index in [2.05, 4.69) is 32.6 Å². The molecule has 3 rings (SSSR count). The highest BCUT2D eigenvalue weighted by atomic mass is 16.5. The minimum Gasteiger partial charge on any atom is -0.494 e. The fourth-order valence-electron chi connectivity index (χ4n) is 2.21. The topological polar surface area (TPSA) is 92.3 Å². The van der Waals surface area contributed by atoms with Gasteiger partial charge in [0.2, 0.25) is 5.95 Å². The maximum atomic E-state index is 12.1. The van der Waals surface area contributed by atoms with Gasteiger partial charge in [-0.2, -0.15) is 5.10 Å². The molecule has 0 spiro atoms. The van der Waals surface area contributed by atoms with Crippen molar-refractivity contribution in [2.45, 2.75) is 13.3 Å². The molecule has 2 N–H and O–H groups in total. The molecule has 132 valence electrons. The van der Waals surface area contributed by atoms with E-state index in [0.717, 1.165) is 17.7 Å². The van der Waals surface area contributed by atoms with E-state index in [9.17, 15) is 4.79 Å². The van der Waals surface area contributed by atoms with Crippen molar-refractivity contribution in [1.29, 1.82) is 0 Å². The van der Waals surface area contributed by atoms with Crippen LogP contribution in [0.3, 0.4) is 0 Å². The molecule has 0 saturated carbocycles. The molecule has 0 unspecified atom stereocenters. The first-order valence-electron chi connectivity index (χ1n) is 8.30. The number of anilines is 1. The van der Waals surface area contributed by atoms with E-state index in [1.54, 1.807) is 18.3 Å². The van der Waals surface area contributed by atoms with Gasteiger partial charge in [-0.3, -0.25) is 9.78 Å². The molecular weight excluding hydrogens is 330 g/mol. The van der Waals surface area contributed by atoms with Crippen LogP contribution in [-0.2, 0) is 0 Å². The zero-order valence-electron chi connectivity index (χ0n) is 14.3. The zero-order valence-corrected chi connectivity index (χ0v) is 14.3. The average Bonchev–Trinajstić information content (AvgIpc) is 2.68. The second kappa shape index (κ2) is 8.57. The van der Waals surface area contributed by atoms with Gasteiger partial charge in [0.05, 0.1) is 12.8 Å². The van der Waals surface area contributed by atoms with Crippen LogP contribution in [0.1, 0.15) is 18.9 Å². The minimum atomic E-state index is -0.332. The molecule has 3 aromatic rings. The molecule has 0 fully saturated rings. The average molecular weight is 349 g/mol. The third kappa shape index (κ3) is 4.54. The van der Waals surface area contributed by atoms with Gasteiger partial charge in [0.25, 0.3) is 5.56 Å². The molecule has 1 heterocycles. The van der Waals surface area contributed by atoms with Gasteiger partial charge < -0.3 is 4.74 Å². The molecule has 0 aliphatic rings. The van der Waals surface area contributed by atoms with Crippen molar-refractivity contribution in [2.24, 2.45) is 5.10 Å². The van der Waals surface area contributed by atoms with Gasteiger partial charge in [-0.15, -0.1) is 10.2 Å². The molecule has 2 aromatic carbocycles. The second-order valence-corrected chi connectivity index (χ2v) is 5.50. The van der Waals surface area contributed by atoms with Crippen molar-refractivity contribution < 1.29 is 4.74 Å². The molecule has 0 aliphatic carbocycles. The molecule has 0 aliphatic heterocycles. The van der Waals surface area contributed by atoms with Crippen LogP contribution in [0.25, 0.3) is 11.3 Å². The Kier molecular flexibility index (Phi) is 5.72. The molecule has 1 aromatic heterocycles. The first kappa shape index (κ1) is 17.3. The molecule has 0 radical (unpaired) electrons. The summed E-state index contributed by atoms with van der Waals surface area (Å²) in [6.45, 7) is 2.76. The summed E-state index contributed by atoms with van der Waals surface area (Å²) in [4.78, 5) is 14.8. The Morgan fingerprint density at radius 3 is 2.58 bits per heavy atom. The van der Waals surface area contributed by atoms with E-state index in [1.165, 1.54) is 0 Å². The quantitative estimate of drug-likeness (QED) is 0.505. The summed E-state index contributed by atoms with van der Waals surface area (Å²) in [5.41, 5.74) is 4.20. The van der Waals surface area contributed by atoms with Crippen LogP contribution in [-0.4, -0.2) is 28.0 Å². The number of rotatable bonds is 7. The Hall–Kier alpha value is -3.48. The van der Waals surface area contributed by atoms with Gasteiger partial charge in [-0.05, 0) is 36.2 Å².